The maximum absolute atomic E-state index is 6.00. The van der Waals surface area contributed by atoms with Crippen LogP contribution in [0.15, 0.2) is 72.0 Å². The van der Waals surface area contributed by atoms with Gasteiger partial charge in [0.2, 0.25) is 0 Å². The molecule has 1 aromatic heterocycles. The first-order valence-electron chi connectivity index (χ1n) is 10.4. The molecule has 158 valence electrons. The largest absolute Gasteiger partial charge is 0.489 e. The zero-order valence-electron chi connectivity index (χ0n) is 18.0. The summed E-state index contributed by atoms with van der Waals surface area (Å²) in [5.74, 6) is 2.57. The molecule has 0 bridgehead atoms. The summed E-state index contributed by atoms with van der Waals surface area (Å²) in [6, 6.07) is 18.5. The molecule has 1 unspecified atom stereocenters. The van der Waals surface area contributed by atoms with Gasteiger partial charge in [-0.1, -0.05) is 42.5 Å². The van der Waals surface area contributed by atoms with Crippen molar-refractivity contribution in [1.82, 2.24) is 20.2 Å². The Hall–Kier alpha value is -3.28. The number of hydrogen-bond donors (Lipinski definition) is 2. The van der Waals surface area contributed by atoms with Gasteiger partial charge in [-0.3, -0.25) is 0 Å². The second-order valence-corrected chi connectivity index (χ2v) is 7.28. The van der Waals surface area contributed by atoms with Crippen molar-refractivity contribution in [3.8, 4) is 5.75 Å². The molecule has 0 amide bonds. The summed E-state index contributed by atoms with van der Waals surface area (Å²) in [7, 11) is 0. The molecule has 0 spiro atoms. The third-order valence-electron chi connectivity index (χ3n) is 4.60. The second kappa shape index (κ2) is 11.0. The molecule has 0 saturated carbocycles. The fourth-order valence-electron chi connectivity index (χ4n) is 3.11. The molecule has 1 heterocycles. The zero-order chi connectivity index (χ0) is 21.2. The van der Waals surface area contributed by atoms with E-state index in [0.29, 0.717) is 13.1 Å². The van der Waals surface area contributed by atoms with Crippen molar-refractivity contribution in [2.45, 2.75) is 40.0 Å². The van der Waals surface area contributed by atoms with E-state index in [1.54, 1.807) is 0 Å². The number of aryl methyl sites for hydroxylation is 1. The first kappa shape index (κ1) is 21.4. The molecular weight excluding hydrogens is 374 g/mol. The summed E-state index contributed by atoms with van der Waals surface area (Å²) in [5, 5.41) is 6.65. The highest BCUT2D eigenvalue weighted by Crippen LogP contribution is 2.14. The molecule has 3 aromatic rings. The first-order chi connectivity index (χ1) is 14.6. The minimum atomic E-state index is 0.00993. The van der Waals surface area contributed by atoms with E-state index in [0.717, 1.165) is 30.6 Å². The van der Waals surface area contributed by atoms with Crippen LogP contribution in [0.2, 0.25) is 0 Å². The van der Waals surface area contributed by atoms with Gasteiger partial charge in [0, 0.05) is 25.5 Å². The quantitative estimate of drug-likeness (QED) is 0.420. The lowest BCUT2D eigenvalue weighted by atomic mass is 10.2. The molecule has 30 heavy (non-hydrogen) atoms. The Balaban J connectivity index is 1.56. The van der Waals surface area contributed by atoms with Crippen LogP contribution in [0, 0.1) is 6.92 Å². The predicted octanol–water partition coefficient (Wildman–Crippen LogP) is 3.76. The van der Waals surface area contributed by atoms with Gasteiger partial charge in [-0.25, -0.2) is 9.98 Å². The maximum Gasteiger partial charge on any atom is 0.191 e. The Morgan fingerprint density at radius 2 is 1.97 bits per heavy atom. The highest BCUT2D eigenvalue weighted by molar-refractivity contribution is 5.79. The van der Waals surface area contributed by atoms with Gasteiger partial charge in [0.15, 0.2) is 5.96 Å². The molecule has 0 radical (unpaired) electrons. The fourth-order valence-corrected chi connectivity index (χ4v) is 3.11. The Kier molecular flexibility index (Phi) is 7.89. The zero-order valence-corrected chi connectivity index (χ0v) is 18.0. The number of nitrogens with zero attached hydrogens (tertiary/aromatic N) is 3. The number of aromatic nitrogens is 2. The van der Waals surface area contributed by atoms with Crippen molar-refractivity contribution >= 4 is 5.96 Å². The molecule has 6 nitrogen and oxygen atoms in total. The highest BCUT2D eigenvalue weighted by Gasteiger charge is 2.07. The van der Waals surface area contributed by atoms with Gasteiger partial charge in [0.05, 0.1) is 6.54 Å². The van der Waals surface area contributed by atoms with Gasteiger partial charge >= 0.3 is 0 Å². The number of imidazole rings is 1. The van der Waals surface area contributed by atoms with E-state index in [1.807, 2.05) is 43.6 Å². The lowest BCUT2D eigenvalue weighted by molar-refractivity contribution is 0.223. The van der Waals surface area contributed by atoms with Gasteiger partial charge in [-0.05, 0) is 44.0 Å². The smallest absolute Gasteiger partial charge is 0.191 e. The van der Waals surface area contributed by atoms with Gasteiger partial charge in [-0.15, -0.1) is 0 Å². The lowest BCUT2D eigenvalue weighted by Gasteiger charge is -2.18. The van der Waals surface area contributed by atoms with Crippen LogP contribution in [0.4, 0.5) is 0 Å². The number of benzene rings is 2. The van der Waals surface area contributed by atoms with E-state index in [2.05, 4.69) is 64.4 Å². The molecule has 0 saturated heterocycles. The first-order valence-corrected chi connectivity index (χ1v) is 10.4. The summed E-state index contributed by atoms with van der Waals surface area (Å²) in [6.07, 6.45) is 3.83. The highest BCUT2D eigenvalue weighted by atomic mass is 16.5. The van der Waals surface area contributed by atoms with Crippen LogP contribution in [-0.2, 0) is 13.1 Å². The van der Waals surface area contributed by atoms with Crippen LogP contribution in [0.25, 0.3) is 0 Å². The van der Waals surface area contributed by atoms with Gasteiger partial charge < -0.3 is 19.9 Å². The SMILES string of the molecule is CCNC(=NCc1nccn1Cc1ccccc1)NCC(C)Oc1cccc(C)c1. The van der Waals surface area contributed by atoms with Crippen molar-refractivity contribution in [3.05, 3.63) is 83.9 Å². The van der Waals surface area contributed by atoms with Crippen molar-refractivity contribution in [2.24, 2.45) is 4.99 Å². The third-order valence-corrected chi connectivity index (χ3v) is 4.60. The van der Waals surface area contributed by atoms with E-state index >= 15 is 0 Å². The molecule has 0 aliphatic heterocycles. The van der Waals surface area contributed by atoms with Crippen LogP contribution >= 0.6 is 0 Å². The summed E-state index contributed by atoms with van der Waals surface area (Å²) in [5.41, 5.74) is 2.43. The van der Waals surface area contributed by atoms with E-state index in [9.17, 15) is 0 Å². The summed E-state index contributed by atoms with van der Waals surface area (Å²) >= 11 is 0. The topological polar surface area (TPSA) is 63.5 Å². The van der Waals surface area contributed by atoms with E-state index in [-0.39, 0.29) is 6.10 Å². The Bertz CT molecular complexity index is 936. The minimum absolute atomic E-state index is 0.00993. The number of nitrogens with one attached hydrogen (secondary N) is 2. The molecule has 1 atom stereocenters. The standard InChI is InChI=1S/C24H31N5O/c1-4-25-24(27-16-20(3)30-22-12-8-9-19(2)15-22)28-17-23-26-13-14-29(23)18-21-10-6-5-7-11-21/h5-15,20H,4,16-18H2,1-3H3,(H2,25,27,28). The monoisotopic (exact) mass is 405 g/mol. The van der Waals surface area contributed by atoms with Gasteiger partial charge in [0.1, 0.15) is 24.2 Å². The van der Waals surface area contributed by atoms with Crippen molar-refractivity contribution in [2.75, 3.05) is 13.1 Å². The number of guanidine groups is 1. The minimum Gasteiger partial charge on any atom is -0.489 e. The van der Waals surface area contributed by atoms with Crippen LogP contribution in [0.5, 0.6) is 5.75 Å². The lowest BCUT2D eigenvalue weighted by Crippen LogP contribution is -2.41. The predicted molar refractivity (Wildman–Crippen MR) is 122 cm³/mol. The molecule has 2 aromatic carbocycles. The van der Waals surface area contributed by atoms with Crippen LogP contribution in [0.1, 0.15) is 30.8 Å². The van der Waals surface area contributed by atoms with Crippen molar-refractivity contribution in [3.63, 3.8) is 0 Å². The molecular formula is C24H31N5O. The van der Waals surface area contributed by atoms with Gasteiger partial charge in [0.25, 0.3) is 0 Å². The Labute approximate surface area is 179 Å². The number of hydrogen-bond acceptors (Lipinski definition) is 3. The van der Waals surface area contributed by atoms with Gasteiger partial charge in [-0.2, -0.15) is 0 Å². The number of rotatable bonds is 9. The molecule has 3 rings (SSSR count). The summed E-state index contributed by atoms with van der Waals surface area (Å²) < 4.78 is 8.13. The maximum atomic E-state index is 6.00. The van der Waals surface area contributed by atoms with E-state index in [1.165, 1.54) is 11.1 Å². The summed E-state index contributed by atoms with van der Waals surface area (Å²) in [6.45, 7) is 8.90. The van der Waals surface area contributed by atoms with Crippen molar-refractivity contribution in [1.29, 1.82) is 0 Å². The van der Waals surface area contributed by atoms with Crippen molar-refractivity contribution < 1.29 is 4.74 Å². The average molecular weight is 406 g/mol. The van der Waals surface area contributed by atoms with E-state index < -0.39 is 0 Å². The number of aliphatic imine (C=N–C) groups is 1. The number of ether oxygens (including phenoxy) is 1. The summed E-state index contributed by atoms with van der Waals surface area (Å²) in [4.78, 5) is 9.19. The fraction of sp³-hybridized carbons (Fsp3) is 0.333. The molecule has 0 aliphatic rings. The molecule has 0 fully saturated rings. The Morgan fingerprint density at radius 1 is 1.13 bits per heavy atom. The molecule has 2 N–H and O–H groups in total. The van der Waals surface area contributed by atoms with Crippen LogP contribution < -0.4 is 15.4 Å². The average Bonchev–Trinajstić information content (AvgIpc) is 3.18. The second-order valence-electron chi connectivity index (χ2n) is 7.28. The molecule has 0 aliphatic carbocycles. The normalized spacial score (nSPS) is 12.4. The van der Waals surface area contributed by atoms with Crippen LogP contribution in [-0.4, -0.2) is 34.7 Å². The third kappa shape index (κ3) is 6.65. The van der Waals surface area contributed by atoms with Crippen LogP contribution in [0.3, 0.4) is 0 Å². The molecule has 6 heteroatoms. The Morgan fingerprint density at radius 3 is 2.73 bits per heavy atom. The van der Waals surface area contributed by atoms with E-state index in [4.69, 9.17) is 9.73 Å².